The fraction of sp³-hybridized carbons (Fsp3) is 0.364. The number of amidine groups is 1. The molecule has 0 atom stereocenters. The molecule has 0 aliphatic carbocycles. The number of hydrogen-bond donors (Lipinski definition) is 2. The first kappa shape index (κ1) is 11.5. The van der Waals surface area contributed by atoms with Crippen molar-refractivity contribution in [2.45, 2.75) is 19.3 Å². The Bertz CT molecular complexity index is 328. The molecule has 0 bridgehead atoms. The van der Waals surface area contributed by atoms with Crippen LogP contribution in [-0.2, 0) is 0 Å². The molecule has 0 amide bonds. The predicted molar refractivity (Wildman–Crippen MR) is 57.7 cm³/mol. The van der Waals surface area contributed by atoms with E-state index in [1.54, 1.807) is 12.1 Å². The summed E-state index contributed by atoms with van der Waals surface area (Å²) in [5.74, 6) is 0.440. The highest BCUT2D eigenvalue weighted by Gasteiger charge is 1.96. The minimum atomic E-state index is -0.295. The van der Waals surface area contributed by atoms with E-state index in [4.69, 9.17) is 15.9 Å². The van der Waals surface area contributed by atoms with Gasteiger partial charge in [0.05, 0.1) is 12.4 Å². The third-order valence-electron chi connectivity index (χ3n) is 1.91. The number of hydrogen-bond acceptors (Lipinski definition) is 2. The minimum absolute atomic E-state index is 0.195. The van der Waals surface area contributed by atoms with E-state index in [9.17, 15) is 4.39 Å². The van der Waals surface area contributed by atoms with Gasteiger partial charge in [-0.3, -0.25) is 5.41 Å². The number of ether oxygens (including phenoxy) is 1. The summed E-state index contributed by atoms with van der Waals surface area (Å²) in [6.07, 6.45) is 2.23. The van der Waals surface area contributed by atoms with Gasteiger partial charge in [-0.15, -0.1) is 0 Å². The van der Waals surface area contributed by atoms with Gasteiger partial charge in [0.25, 0.3) is 0 Å². The standard InChI is InChI=1S/C11H15FN2O/c12-9-4-3-5-10(8-9)15-7-2-1-6-11(13)14/h3-5,8H,1-2,6-7H2,(H3,13,14). The molecule has 0 unspecified atom stereocenters. The maximum absolute atomic E-state index is 12.7. The third kappa shape index (κ3) is 5.00. The molecule has 0 fully saturated rings. The molecular formula is C11H15FN2O. The summed E-state index contributed by atoms with van der Waals surface area (Å²) in [6, 6.07) is 6.06. The van der Waals surface area contributed by atoms with Crippen molar-refractivity contribution in [3.05, 3.63) is 30.1 Å². The zero-order chi connectivity index (χ0) is 11.1. The maximum atomic E-state index is 12.7. The van der Waals surface area contributed by atoms with Gasteiger partial charge in [0, 0.05) is 12.5 Å². The van der Waals surface area contributed by atoms with Crippen LogP contribution in [0.4, 0.5) is 4.39 Å². The molecular weight excluding hydrogens is 195 g/mol. The Balaban J connectivity index is 2.17. The van der Waals surface area contributed by atoms with Gasteiger partial charge in [0.15, 0.2) is 0 Å². The number of nitrogens with one attached hydrogen (secondary N) is 1. The summed E-state index contributed by atoms with van der Waals surface area (Å²) < 4.78 is 18.0. The summed E-state index contributed by atoms with van der Waals surface area (Å²) in [5, 5.41) is 7.01. The molecule has 0 aliphatic heterocycles. The van der Waals surface area contributed by atoms with Gasteiger partial charge in [-0.2, -0.15) is 0 Å². The van der Waals surface area contributed by atoms with Crippen LogP contribution in [0.5, 0.6) is 5.75 Å². The first-order chi connectivity index (χ1) is 7.18. The Hall–Kier alpha value is -1.58. The number of benzene rings is 1. The molecule has 0 saturated carbocycles. The van der Waals surface area contributed by atoms with Crippen molar-refractivity contribution in [2.75, 3.05) is 6.61 Å². The monoisotopic (exact) mass is 210 g/mol. The average Bonchev–Trinajstić information content (AvgIpc) is 2.17. The topological polar surface area (TPSA) is 59.1 Å². The van der Waals surface area contributed by atoms with Gasteiger partial charge in [-0.05, 0) is 25.0 Å². The quantitative estimate of drug-likeness (QED) is 0.430. The van der Waals surface area contributed by atoms with E-state index in [0.717, 1.165) is 12.8 Å². The smallest absolute Gasteiger partial charge is 0.126 e. The lowest BCUT2D eigenvalue weighted by atomic mass is 10.2. The van der Waals surface area contributed by atoms with E-state index >= 15 is 0 Å². The van der Waals surface area contributed by atoms with Crippen LogP contribution in [0.25, 0.3) is 0 Å². The van der Waals surface area contributed by atoms with E-state index in [2.05, 4.69) is 0 Å². The minimum Gasteiger partial charge on any atom is -0.493 e. The van der Waals surface area contributed by atoms with Crippen LogP contribution in [-0.4, -0.2) is 12.4 Å². The van der Waals surface area contributed by atoms with Crippen LogP contribution in [0.15, 0.2) is 24.3 Å². The highest BCUT2D eigenvalue weighted by atomic mass is 19.1. The summed E-state index contributed by atoms with van der Waals surface area (Å²) in [5.41, 5.74) is 5.20. The van der Waals surface area contributed by atoms with Crippen molar-refractivity contribution in [1.82, 2.24) is 0 Å². The SMILES string of the molecule is N=C(N)CCCCOc1cccc(F)c1. The summed E-state index contributed by atoms with van der Waals surface area (Å²) in [6.45, 7) is 0.525. The van der Waals surface area contributed by atoms with Crippen LogP contribution >= 0.6 is 0 Å². The van der Waals surface area contributed by atoms with Gasteiger partial charge in [0.1, 0.15) is 11.6 Å². The Labute approximate surface area is 88.6 Å². The molecule has 3 nitrogen and oxygen atoms in total. The molecule has 0 aromatic heterocycles. The first-order valence-corrected chi connectivity index (χ1v) is 4.90. The molecule has 1 rings (SSSR count). The number of rotatable bonds is 6. The largest absolute Gasteiger partial charge is 0.493 e. The molecule has 3 N–H and O–H groups in total. The van der Waals surface area contributed by atoms with Crippen LogP contribution < -0.4 is 10.5 Å². The number of unbranched alkanes of at least 4 members (excludes halogenated alkanes) is 1. The van der Waals surface area contributed by atoms with Crippen LogP contribution in [0.2, 0.25) is 0 Å². The maximum Gasteiger partial charge on any atom is 0.126 e. The molecule has 0 aliphatic rings. The highest BCUT2D eigenvalue weighted by Crippen LogP contribution is 2.12. The lowest BCUT2D eigenvalue weighted by Crippen LogP contribution is -2.09. The zero-order valence-electron chi connectivity index (χ0n) is 8.50. The van der Waals surface area contributed by atoms with Gasteiger partial charge >= 0.3 is 0 Å². The van der Waals surface area contributed by atoms with Gasteiger partial charge in [0.2, 0.25) is 0 Å². The lowest BCUT2D eigenvalue weighted by molar-refractivity contribution is 0.306. The second-order valence-corrected chi connectivity index (χ2v) is 3.29. The van der Waals surface area contributed by atoms with Crippen molar-refractivity contribution in [1.29, 1.82) is 5.41 Å². The zero-order valence-corrected chi connectivity index (χ0v) is 8.50. The molecule has 0 spiro atoms. The predicted octanol–water partition coefficient (Wildman–Crippen LogP) is 2.31. The average molecular weight is 210 g/mol. The van der Waals surface area contributed by atoms with Crippen molar-refractivity contribution < 1.29 is 9.13 Å². The molecule has 0 saturated heterocycles. The van der Waals surface area contributed by atoms with Crippen molar-refractivity contribution in [2.24, 2.45) is 5.73 Å². The first-order valence-electron chi connectivity index (χ1n) is 4.90. The van der Waals surface area contributed by atoms with E-state index in [1.165, 1.54) is 12.1 Å². The fourth-order valence-corrected chi connectivity index (χ4v) is 1.16. The van der Waals surface area contributed by atoms with Crippen LogP contribution in [0.3, 0.4) is 0 Å². The Morgan fingerprint density at radius 1 is 1.40 bits per heavy atom. The van der Waals surface area contributed by atoms with Gasteiger partial charge in [-0.25, -0.2) is 4.39 Å². The van der Waals surface area contributed by atoms with E-state index < -0.39 is 0 Å². The second-order valence-electron chi connectivity index (χ2n) is 3.29. The van der Waals surface area contributed by atoms with E-state index in [-0.39, 0.29) is 11.7 Å². The lowest BCUT2D eigenvalue weighted by Gasteiger charge is -2.05. The van der Waals surface area contributed by atoms with Crippen molar-refractivity contribution >= 4 is 5.84 Å². The molecule has 1 aromatic carbocycles. The molecule has 82 valence electrons. The van der Waals surface area contributed by atoms with Gasteiger partial charge < -0.3 is 10.5 Å². The summed E-state index contributed by atoms with van der Waals surface area (Å²) >= 11 is 0. The van der Waals surface area contributed by atoms with Gasteiger partial charge in [-0.1, -0.05) is 6.07 Å². The second kappa shape index (κ2) is 6.01. The fourth-order valence-electron chi connectivity index (χ4n) is 1.16. The molecule has 4 heteroatoms. The Kier molecular flexibility index (Phi) is 4.60. The Morgan fingerprint density at radius 2 is 2.20 bits per heavy atom. The molecule has 0 heterocycles. The van der Waals surface area contributed by atoms with E-state index in [0.29, 0.717) is 18.8 Å². The van der Waals surface area contributed by atoms with Crippen LogP contribution in [0, 0.1) is 11.2 Å². The third-order valence-corrected chi connectivity index (χ3v) is 1.91. The van der Waals surface area contributed by atoms with Crippen molar-refractivity contribution in [3.8, 4) is 5.75 Å². The highest BCUT2D eigenvalue weighted by molar-refractivity contribution is 5.76. The number of nitrogens with two attached hydrogens (primary N) is 1. The Morgan fingerprint density at radius 3 is 2.87 bits per heavy atom. The summed E-state index contributed by atoms with van der Waals surface area (Å²) in [4.78, 5) is 0. The molecule has 0 radical (unpaired) electrons. The van der Waals surface area contributed by atoms with Crippen molar-refractivity contribution in [3.63, 3.8) is 0 Å². The molecule has 1 aromatic rings. The normalized spacial score (nSPS) is 9.93. The van der Waals surface area contributed by atoms with E-state index in [1.807, 2.05) is 0 Å². The number of halogens is 1. The molecule has 15 heavy (non-hydrogen) atoms. The van der Waals surface area contributed by atoms with Crippen LogP contribution in [0.1, 0.15) is 19.3 Å². The summed E-state index contributed by atoms with van der Waals surface area (Å²) in [7, 11) is 0.